The number of aliphatic hydroxyl groups excluding tert-OH is 3. The summed E-state index contributed by atoms with van der Waals surface area (Å²) in [4.78, 5) is 0. The zero-order valence-electron chi connectivity index (χ0n) is 10.5. The minimum absolute atomic E-state index is 0.0926. The van der Waals surface area contributed by atoms with Gasteiger partial charge in [0.1, 0.15) is 11.4 Å². The highest BCUT2D eigenvalue weighted by Gasteiger charge is 2.38. The van der Waals surface area contributed by atoms with Gasteiger partial charge in [0.15, 0.2) is 5.65 Å². The molecule has 0 saturated heterocycles. The lowest BCUT2D eigenvalue weighted by Crippen LogP contribution is -2.49. The van der Waals surface area contributed by atoms with Gasteiger partial charge < -0.3 is 20.6 Å². The monoisotopic (exact) mass is 307 g/mol. The van der Waals surface area contributed by atoms with Crippen molar-refractivity contribution in [2.45, 2.75) is 11.7 Å². The second-order valence-electron chi connectivity index (χ2n) is 4.39. The standard InChI is InChI=1S/C10H12F3N5O3/c11-10(12,13)8-16-15-7-2-1-6(17-18(7)8)14-9(3-19,4-20)5-21/h1-2,19-21H,3-5H2,(H,14,17). The Bertz CT molecular complexity index is 618. The molecule has 0 atom stereocenters. The summed E-state index contributed by atoms with van der Waals surface area (Å²) in [6.07, 6.45) is -4.73. The molecule has 0 spiro atoms. The van der Waals surface area contributed by atoms with Crippen LogP contribution in [0.4, 0.5) is 19.0 Å². The molecule has 116 valence electrons. The molecule has 0 aliphatic carbocycles. The summed E-state index contributed by atoms with van der Waals surface area (Å²) in [5, 5.41) is 40.0. The smallest absolute Gasteiger partial charge is 0.394 e. The predicted molar refractivity (Wildman–Crippen MR) is 63.4 cm³/mol. The third kappa shape index (κ3) is 2.89. The van der Waals surface area contributed by atoms with Crippen LogP contribution in [0.1, 0.15) is 5.82 Å². The largest absolute Gasteiger partial charge is 0.453 e. The molecule has 0 unspecified atom stereocenters. The topological polar surface area (TPSA) is 116 Å². The highest BCUT2D eigenvalue weighted by atomic mass is 19.4. The number of fused-ring (bicyclic) bond motifs is 1. The first-order valence-electron chi connectivity index (χ1n) is 5.76. The Kier molecular flexibility index (Phi) is 3.98. The minimum atomic E-state index is -4.73. The fourth-order valence-corrected chi connectivity index (χ4v) is 1.57. The number of nitrogens with zero attached hydrogens (tertiary/aromatic N) is 4. The molecule has 0 aliphatic heterocycles. The van der Waals surface area contributed by atoms with Crippen LogP contribution in [0.25, 0.3) is 5.65 Å². The lowest BCUT2D eigenvalue weighted by atomic mass is 10.0. The van der Waals surface area contributed by atoms with E-state index in [-0.39, 0.29) is 11.5 Å². The third-order valence-corrected chi connectivity index (χ3v) is 2.82. The SMILES string of the molecule is OCC(CO)(CO)Nc1ccc2nnc(C(F)(F)F)n2n1. The fraction of sp³-hybridized carbons (Fsp3) is 0.500. The van der Waals surface area contributed by atoms with Gasteiger partial charge in [0.2, 0.25) is 0 Å². The van der Waals surface area contributed by atoms with E-state index in [0.717, 1.165) is 0 Å². The van der Waals surface area contributed by atoms with Gasteiger partial charge in [-0.15, -0.1) is 15.3 Å². The van der Waals surface area contributed by atoms with Gasteiger partial charge in [-0.25, -0.2) is 0 Å². The molecular formula is C10H12F3N5O3. The molecule has 0 radical (unpaired) electrons. The first-order valence-corrected chi connectivity index (χ1v) is 5.76. The van der Waals surface area contributed by atoms with Crippen molar-refractivity contribution in [1.82, 2.24) is 19.8 Å². The van der Waals surface area contributed by atoms with Crippen molar-refractivity contribution >= 4 is 11.5 Å². The zero-order chi connectivity index (χ0) is 15.7. The van der Waals surface area contributed by atoms with Crippen LogP contribution >= 0.6 is 0 Å². The van der Waals surface area contributed by atoms with Gasteiger partial charge in [0, 0.05) is 0 Å². The summed E-state index contributed by atoms with van der Waals surface area (Å²) in [5.41, 5.74) is -1.62. The number of anilines is 1. The first-order chi connectivity index (χ1) is 9.85. The molecular weight excluding hydrogens is 295 g/mol. The summed E-state index contributed by atoms with van der Waals surface area (Å²) < 4.78 is 38.6. The second kappa shape index (κ2) is 5.42. The highest BCUT2D eigenvalue weighted by molar-refractivity contribution is 5.45. The molecule has 0 aromatic carbocycles. The van der Waals surface area contributed by atoms with Crippen LogP contribution in [0.5, 0.6) is 0 Å². The molecule has 4 N–H and O–H groups in total. The maximum atomic E-state index is 12.7. The van der Waals surface area contributed by atoms with Crippen molar-refractivity contribution in [3.05, 3.63) is 18.0 Å². The molecule has 2 heterocycles. The minimum Gasteiger partial charge on any atom is -0.394 e. The number of nitrogens with one attached hydrogen (secondary N) is 1. The molecule has 21 heavy (non-hydrogen) atoms. The van der Waals surface area contributed by atoms with Gasteiger partial charge in [-0.1, -0.05) is 0 Å². The summed E-state index contributed by atoms with van der Waals surface area (Å²) >= 11 is 0. The summed E-state index contributed by atoms with van der Waals surface area (Å²) in [6, 6.07) is 2.52. The maximum absolute atomic E-state index is 12.7. The quantitative estimate of drug-likeness (QED) is 0.575. The molecule has 0 amide bonds. The van der Waals surface area contributed by atoms with Crippen LogP contribution in [0, 0.1) is 0 Å². The van der Waals surface area contributed by atoms with Crippen LogP contribution < -0.4 is 5.32 Å². The van der Waals surface area contributed by atoms with Gasteiger partial charge in [-0.2, -0.15) is 17.7 Å². The summed E-state index contributed by atoms with van der Waals surface area (Å²) in [6.45, 7) is -1.93. The van der Waals surface area contributed by atoms with Crippen molar-refractivity contribution in [2.24, 2.45) is 0 Å². The molecule has 0 saturated carbocycles. The van der Waals surface area contributed by atoms with E-state index in [1.807, 2.05) is 0 Å². The van der Waals surface area contributed by atoms with E-state index < -0.39 is 37.4 Å². The molecule has 2 aromatic rings. The predicted octanol–water partition coefficient (Wildman–Crippen LogP) is -0.729. The van der Waals surface area contributed by atoms with Gasteiger partial charge in [0.05, 0.1) is 19.8 Å². The van der Waals surface area contributed by atoms with Crippen molar-refractivity contribution in [3.63, 3.8) is 0 Å². The third-order valence-electron chi connectivity index (χ3n) is 2.82. The van der Waals surface area contributed by atoms with Crippen molar-refractivity contribution < 1.29 is 28.5 Å². The molecule has 8 nitrogen and oxygen atoms in total. The average molecular weight is 307 g/mol. The zero-order valence-corrected chi connectivity index (χ0v) is 10.5. The Labute approximate surface area is 115 Å². The van der Waals surface area contributed by atoms with E-state index in [0.29, 0.717) is 4.52 Å². The van der Waals surface area contributed by atoms with E-state index in [1.54, 1.807) is 0 Å². The lowest BCUT2D eigenvalue weighted by Gasteiger charge is -2.29. The molecule has 2 aromatic heterocycles. The molecule has 2 rings (SSSR count). The van der Waals surface area contributed by atoms with E-state index >= 15 is 0 Å². The Hall–Kier alpha value is -1.98. The van der Waals surface area contributed by atoms with Crippen LogP contribution in [0.2, 0.25) is 0 Å². The maximum Gasteiger partial charge on any atom is 0.453 e. The Morgan fingerprint density at radius 1 is 1.05 bits per heavy atom. The van der Waals surface area contributed by atoms with E-state index in [9.17, 15) is 28.5 Å². The summed E-state index contributed by atoms with van der Waals surface area (Å²) in [7, 11) is 0. The van der Waals surface area contributed by atoms with E-state index in [4.69, 9.17) is 0 Å². The van der Waals surface area contributed by atoms with Crippen molar-refractivity contribution in [2.75, 3.05) is 25.1 Å². The van der Waals surface area contributed by atoms with E-state index in [1.165, 1.54) is 12.1 Å². The number of aliphatic hydroxyl groups is 3. The normalized spacial score (nSPS) is 12.9. The van der Waals surface area contributed by atoms with Crippen LogP contribution in [0.3, 0.4) is 0 Å². The second-order valence-corrected chi connectivity index (χ2v) is 4.39. The van der Waals surface area contributed by atoms with Crippen molar-refractivity contribution in [3.8, 4) is 0 Å². The Morgan fingerprint density at radius 3 is 2.19 bits per heavy atom. The number of alkyl halides is 3. The number of hydrogen-bond acceptors (Lipinski definition) is 7. The number of rotatable bonds is 5. The lowest BCUT2D eigenvalue weighted by molar-refractivity contribution is -0.146. The average Bonchev–Trinajstić information content (AvgIpc) is 2.88. The Morgan fingerprint density at radius 2 is 1.67 bits per heavy atom. The summed E-state index contributed by atoms with van der Waals surface area (Å²) in [5.74, 6) is -1.39. The van der Waals surface area contributed by atoms with Crippen LogP contribution in [-0.4, -0.2) is 60.5 Å². The highest BCUT2D eigenvalue weighted by Crippen LogP contribution is 2.27. The first kappa shape index (κ1) is 15.4. The fourth-order valence-electron chi connectivity index (χ4n) is 1.57. The van der Waals surface area contributed by atoms with Crippen LogP contribution in [-0.2, 0) is 6.18 Å². The van der Waals surface area contributed by atoms with Gasteiger partial charge in [-0.3, -0.25) is 0 Å². The molecule has 0 fully saturated rings. The molecule has 0 aliphatic rings. The van der Waals surface area contributed by atoms with Gasteiger partial charge in [-0.05, 0) is 12.1 Å². The van der Waals surface area contributed by atoms with Gasteiger partial charge in [0.25, 0.3) is 5.82 Å². The van der Waals surface area contributed by atoms with Crippen molar-refractivity contribution in [1.29, 1.82) is 0 Å². The molecule has 0 bridgehead atoms. The molecule has 11 heteroatoms. The Balaban J connectivity index is 2.43. The van der Waals surface area contributed by atoms with E-state index in [2.05, 4.69) is 20.6 Å². The number of hydrogen-bond donors (Lipinski definition) is 4. The number of halogens is 3. The number of aromatic nitrogens is 4. The van der Waals surface area contributed by atoms with Crippen LogP contribution in [0.15, 0.2) is 12.1 Å². The van der Waals surface area contributed by atoms with Gasteiger partial charge >= 0.3 is 6.18 Å².